The molecule has 1 saturated heterocycles. The molecule has 1 aliphatic carbocycles. The van der Waals surface area contributed by atoms with Gasteiger partial charge in [-0.3, -0.25) is 0 Å². The molecule has 2 fully saturated rings. The Morgan fingerprint density at radius 3 is 2.75 bits per heavy atom. The molecule has 0 radical (unpaired) electrons. The van der Waals surface area contributed by atoms with Crippen molar-refractivity contribution < 1.29 is 9.50 Å². The second kappa shape index (κ2) is 4.55. The summed E-state index contributed by atoms with van der Waals surface area (Å²) in [6, 6.07) is 0. The number of aromatic nitrogens is 2. The van der Waals surface area contributed by atoms with Gasteiger partial charge < -0.3 is 14.9 Å². The Labute approximate surface area is 118 Å². The standard InChI is InChI=1S/C14H21FN4O/c1-9-7-19(8-14(9,20)10-4-5-10)13-16-6-11(15)12(17-13)18(2)3/h6,9-10,20H,4-5,7-8H2,1-3H3. The molecule has 0 aromatic carbocycles. The summed E-state index contributed by atoms with van der Waals surface area (Å²) in [7, 11) is 3.50. The van der Waals surface area contributed by atoms with E-state index >= 15 is 0 Å². The van der Waals surface area contributed by atoms with Crippen LogP contribution in [0, 0.1) is 17.7 Å². The molecule has 0 spiro atoms. The molecule has 110 valence electrons. The number of hydrogen-bond donors (Lipinski definition) is 1. The van der Waals surface area contributed by atoms with Gasteiger partial charge in [0.05, 0.1) is 18.3 Å². The fourth-order valence-electron chi connectivity index (χ4n) is 3.10. The van der Waals surface area contributed by atoms with Gasteiger partial charge in [-0.25, -0.2) is 9.37 Å². The lowest BCUT2D eigenvalue weighted by Gasteiger charge is -2.26. The highest BCUT2D eigenvalue weighted by Gasteiger charge is 2.52. The van der Waals surface area contributed by atoms with Gasteiger partial charge in [-0.15, -0.1) is 0 Å². The van der Waals surface area contributed by atoms with E-state index in [0.29, 0.717) is 25.0 Å². The van der Waals surface area contributed by atoms with Crippen molar-refractivity contribution in [1.82, 2.24) is 9.97 Å². The summed E-state index contributed by atoms with van der Waals surface area (Å²) in [5, 5.41) is 10.8. The first kappa shape index (κ1) is 13.5. The van der Waals surface area contributed by atoms with Crippen molar-refractivity contribution in [3.63, 3.8) is 0 Å². The SMILES string of the molecule is CC1CN(c2ncc(F)c(N(C)C)n2)CC1(O)C1CC1. The van der Waals surface area contributed by atoms with E-state index in [0.717, 1.165) is 12.8 Å². The summed E-state index contributed by atoms with van der Waals surface area (Å²) in [5.74, 6) is 0.939. The molecule has 2 heterocycles. The quantitative estimate of drug-likeness (QED) is 0.904. The van der Waals surface area contributed by atoms with Crippen molar-refractivity contribution in [3.8, 4) is 0 Å². The van der Waals surface area contributed by atoms with E-state index in [4.69, 9.17) is 0 Å². The Balaban J connectivity index is 1.85. The zero-order valence-corrected chi connectivity index (χ0v) is 12.2. The number of β-amino-alcohol motifs (C(OH)–C–C–N with tert-alkyl or cyclic N) is 1. The fourth-order valence-corrected chi connectivity index (χ4v) is 3.10. The van der Waals surface area contributed by atoms with Gasteiger partial charge in [-0.2, -0.15) is 4.98 Å². The average molecular weight is 280 g/mol. The van der Waals surface area contributed by atoms with Gasteiger partial charge in [-0.05, 0) is 18.8 Å². The number of nitrogens with zero attached hydrogens (tertiary/aromatic N) is 4. The number of hydrogen-bond acceptors (Lipinski definition) is 5. The van der Waals surface area contributed by atoms with E-state index in [9.17, 15) is 9.50 Å². The van der Waals surface area contributed by atoms with E-state index in [1.54, 1.807) is 19.0 Å². The Bertz CT molecular complexity index is 520. The van der Waals surface area contributed by atoms with Crippen LogP contribution in [0.5, 0.6) is 0 Å². The molecule has 0 bridgehead atoms. The number of halogens is 1. The lowest BCUT2D eigenvalue weighted by atomic mass is 9.88. The first-order valence-electron chi connectivity index (χ1n) is 7.09. The monoisotopic (exact) mass is 280 g/mol. The highest BCUT2D eigenvalue weighted by atomic mass is 19.1. The van der Waals surface area contributed by atoms with E-state index in [1.165, 1.54) is 6.20 Å². The second-order valence-electron chi connectivity index (χ2n) is 6.28. The van der Waals surface area contributed by atoms with Crippen LogP contribution in [0.4, 0.5) is 16.2 Å². The zero-order valence-electron chi connectivity index (χ0n) is 12.2. The van der Waals surface area contributed by atoms with Crippen molar-refractivity contribution in [2.75, 3.05) is 37.0 Å². The van der Waals surface area contributed by atoms with Gasteiger partial charge >= 0.3 is 0 Å². The molecule has 1 N–H and O–H groups in total. The topological polar surface area (TPSA) is 52.5 Å². The Hall–Kier alpha value is -1.43. The number of anilines is 2. The van der Waals surface area contributed by atoms with Crippen LogP contribution in [0.25, 0.3) is 0 Å². The maximum Gasteiger partial charge on any atom is 0.227 e. The van der Waals surface area contributed by atoms with Gasteiger partial charge in [0.15, 0.2) is 11.6 Å². The Morgan fingerprint density at radius 1 is 1.45 bits per heavy atom. The molecular formula is C14H21FN4O. The maximum atomic E-state index is 13.6. The van der Waals surface area contributed by atoms with Crippen molar-refractivity contribution in [1.29, 1.82) is 0 Å². The van der Waals surface area contributed by atoms with Crippen molar-refractivity contribution in [2.45, 2.75) is 25.4 Å². The maximum absolute atomic E-state index is 13.6. The van der Waals surface area contributed by atoms with Crippen LogP contribution >= 0.6 is 0 Å². The summed E-state index contributed by atoms with van der Waals surface area (Å²) in [6.07, 6.45) is 3.40. The molecule has 1 aromatic heterocycles. The molecule has 2 atom stereocenters. The number of aliphatic hydroxyl groups is 1. The largest absolute Gasteiger partial charge is 0.387 e. The normalized spacial score (nSPS) is 29.9. The molecule has 20 heavy (non-hydrogen) atoms. The van der Waals surface area contributed by atoms with Gasteiger partial charge in [0, 0.05) is 26.6 Å². The molecule has 5 nitrogen and oxygen atoms in total. The van der Waals surface area contributed by atoms with Gasteiger partial charge in [0.25, 0.3) is 0 Å². The minimum atomic E-state index is -0.643. The highest BCUT2D eigenvalue weighted by Crippen LogP contribution is 2.47. The first-order valence-corrected chi connectivity index (χ1v) is 7.09. The third-order valence-electron chi connectivity index (χ3n) is 4.50. The third kappa shape index (κ3) is 2.12. The van der Waals surface area contributed by atoms with Gasteiger partial charge in [0.1, 0.15) is 0 Å². The molecule has 2 aliphatic rings. The van der Waals surface area contributed by atoms with Gasteiger partial charge in [0.2, 0.25) is 5.95 Å². The Kier molecular flexibility index (Phi) is 3.08. The van der Waals surface area contributed by atoms with Crippen LogP contribution in [-0.2, 0) is 0 Å². The minimum Gasteiger partial charge on any atom is -0.387 e. The summed E-state index contributed by atoms with van der Waals surface area (Å²) >= 11 is 0. The summed E-state index contributed by atoms with van der Waals surface area (Å²) in [4.78, 5) is 12.0. The van der Waals surface area contributed by atoms with Crippen LogP contribution in [-0.4, -0.2) is 47.9 Å². The van der Waals surface area contributed by atoms with E-state index in [1.807, 2.05) is 4.90 Å². The van der Waals surface area contributed by atoms with Crippen molar-refractivity contribution >= 4 is 11.8 Å². The summed E-state index contributed by atoms with van der Waals surface area (Å²) in [5.41, 5.74) is -0.643. The third-order valence-corrected chi connectivity index (χ3v) is 4.50. The molecular weight excluding hydrogens is 259 g/mol. The predicted octanol–water partition coefficient (Wildman–Crippen LogP) is 1.28. The van der Waals surface area contributed by atoms with E-state index in [-0.39, 0.29) is 11.7 Å². The van der Waals surface area contributed by atoms with Crippen LogP contribution in [0.15, 0.2) is 6.20 Å². The minimum absolute atomic E-state index is 0.187. The van der Waals surface area contributed by atoms with Crippen LogP contribution in [0.3, 0.4) is 0 Å². The lowest BCUT2D eigenvalue weighted by molar-refractivity contribution is 0.00279. The highest BCUT2D eigenvalue weighted by molar-refractivity contribution is 5.45. The molecule has 1 aliphatic heterocycles. The van der Waals surface area contributed by atoms with E-state index < -0.39 is 11.4 Å². The predicted molar refractivity (Wildman–Crippen MR) is 75.4 cm³/mol. The van der Waals surface area contributed by atoms with Crippen molar-refractivity contribution in [3.05, 3.63) is 12.0 Å². The molecule has 6 heteroatoms. The molecule has 1 aromatic rings. The fraction of sp³-hybridized carbons (Fsp3) is 0.714. The average Bonchev–Trinajstić information content (AvgIpc) is 3.18. The summed E-state index contributed by atoms with van der Waals surface area (Å²) in [6.45, 7) is 3.32. The lowest BCUT2D eigenvalue weighted by Crippen LogP contribution is -2.39. The molecule has 0 amide bonds. The van der Waals surface area contributed by atoms with Gasteiger partial charge in [-0.1, -0.05) is 6.92 Å². The van der Waals surface area contributed by atoms with E-state index in [2.05, 4.69) is 16.9 Å². The Morgan fingerprint density at radius 2 is 2.15 bits per heavy atom. The number of rotatable bonds is 3. The van der Waals surface area contributed by atoms with Crippen LogP contribution in [0.2, 0.25) is 0 Å². The molecule has 1 saturated carbocycles. The molecule has 2 unspecified atom stereocenters. The smallest absolute Gasteiger partial charge is 0.227 e. The molecule has 3 rings (SSSR count). The first-order chi connectivity index (χ1) is 9.41. The summed E-state index contributed by atoms with van der Waals surface area (Å²) < 4.78 is 13.6. The zero-order chi connectivity index (χ0) is 14.5. The van der Waals surface area contributed by atoms with Crippen LogP contribution < -0.4 is 9.80 Å². The van der Waals surface area contributed by atoms with Crippen molar-refractivity contribution in [2.24, 2.45) is 11.8 Å². The second-order valence-corrected chi connectivity index (χ2v) is 6.28. The van der Waals surface area contributed by atoms with Crippen LogP contribution in [0.1, 0.15) is 19.8 Å².